The lowest BCUT2D eigenvalue weighted by atomic mass is 10.2. The van der Waals surface area contributed by atoms with Crippen LogP contribution in [0.4, 0.5) is 0 Å². The fourth-order valence-electron chi connectivity index (χ4n) is 1.35. The van der Waals surface area contributed by atoms with Crippen LogP contribution in [0.3, 0.4) is 0 Å². The number of hydrogen-bond acceptors (Lipinski definition) is 2. The van der Waals surface area contributed by atoms with Gasteiger partial charge in [-0.15, -0.1) is 0 Å². The van der Waals surface area contributed by atoms with Crippen molar-refractivity contribution in [2.45, 2.75) is 27.7 Å². The first kappa shape index (κ1) is 11.9. The Labute approximate surface area is 76.9 Å². The fraction of sp³-hybridized carbons (Fsp3) is 1.00. The van der Waals surface area contributed by atoms with E-state index in [1.54, 1.807) is 0 Å². The van der Waals surface area contributed by atoms with E-state index in [0.717, 1.165) is 26.3 Å². The van der Waals surface area contributed by atoms with Crippen molar-refractivity contribution in [1.29, 1.82) is 0 Å². The summed E-state index contributed by atoms with van der Waals surface area (Å²) in [5.41, 5.74) is 0. The molecule has 0 aromatic rings. The molecule has 1 unspecified atom stereocenters. The molecule has 0 aromatic carbocycles. The predicted octanol–water partition coefficient (Wildman–Crippen LogP) is 2.00. The molecule has 0 saturated carbocycles. The second kappa shape index (κ2) is 7.56. The van der Waals surface area contributed by atoms with Crippen LogP contribution in [0, 0.1) is 5.92 Å². The Morgan fingerprint density at radius 3 is 2.67 bits per heavy atom. The lowest BCUT2D eigenvalue weighted by Crippen LogP contribution is -2.28. The molecular weight excluding hydrogens is 150 g/mol. The predicted molar refractivity (Wildman–Crippen MR) is 53.4 cm³/mol. The van der Waals surface area contributed by atoms with E-state index in [-0.39, 0.29) is 0 Å². The summed E-state index contributed by atoms with van der Waals surface area (Å²) in [7, 11) is 0. The molecule has 1 heterocycles. The average Bonchev–Trinajstić information content (AvgIpc) is 2.33. The molecule has 2 nitrogen and oxygen atoms in total. The molecule has 1 saturated heterocycles. The van der Waals surface area contributed by atoms with Gasteiger partial charge in [0, 0.05) is 13.1 Å². The summed E-state index contributed by atoms with van der Waals surface area (Å²) in [6, 6.07) is 0. The van der Waals surface area contributed by atoms with Gasteiger partial charge in [-0.25, -0.2) is 0 Å². The molecule has 0 aliphatic carbocycles. The van der Waals surface area contributed by atoms with Gasteiger partial charge < -0.3 is 9.64 Å². The van der Waals surface area contributed by atoms with Crippen LogP contribution in [-0.2, 0) is 4.74 Å². The van der Waals surface area contributed by atoms with Gasteiger partial charge in [0.15, 0.2) is 0 Å². The zero-order chi connectivity index (χ0) is 9.40. The summed E-state index contributed by atoms with van der Waals surface area (Å²) >= 11 is 0. The minimum absolute atomic E-state index is 0.711. The van der Waals surface area contributed by atoms with Crippen molar-refractivity contribution in [2.24, 2.45) is 5.92 Å². The molecule has 0 radical (unpaired) electrons. The van der Waals surface area contributed by atoms with E-state index in [1.165, 1.54) is 6.54 Å². The smallest absolute Gasteiger partial charge is 0.0593 e. The molecule has 1 aliphatic rings. The van der Waals surface area contributed by atoms with E-state index in [1.807, 2.05) is 13.8 Å². The van der Waals surface area contributed by atoms with Crippen LogP contribution in [0.2, 0.25) is 0 Å². The molecule has 12 heavy (non-hydrogen) atoms. The van der Waals surface area contributed by atoms with Crippen molar-refractivity contribution < 1.29 is 4.74 Å². The molecule has 1 atom stereocenters. The maximum Gasteiger partial charge on any atom is 0.0593 e. The molecule has 0 spiro atoms. The third kappa shape index (κ3) is 4.73. The van der Waals surface area contributed by atoms with E-state index in [4.69, 9.17) is 4.74 Å². The Balaban J connectivity index is 0.000000561. The van der Waals surface area contributed by atoms with Crippen molar-refractivity contribution in [3.05, 3.63) is 0 Å². The van der Waals surface area contributed by atoms with E-state index >= 15 is 0 Å². The third-order valence-corrected chi connectivity index (χ3v) is 1.97. The van der Waals surface area contributed by atoms with Crippen molar-refractivity contribution in [3.63, 3.8) is 0 Å². The highest BCUT2D eigenvalue weighted by Crippen LogP contribution is 2.04. The van der Waals surface area contributed by atoms with Crippen LogP contribution in [0.1, 0.15) is 27.7 Å². The van der Waals surface area contributed by atoms with Crippen LogP contribution >= 0.6 is 0 Å². The summed E-state index contributed by atoms with van der Waals surface area (Å²) in [5.74, 6) is 0.711. The minimum atomic E-state index is 0.711. The van der Waals surface area contributed by atoms with Gasteiger partial charge in [0.05, 0.1) is 13.2 Å². The van der Waals surface area contributed by atoms with Gasteiger partial charge >= 0.3 is 0 Å². The molecule has 0 N–H and O–H groups in total. The number of nitrogens with zero attached hydrogens (tertiary/aromatic N) is 1. The first-order chi connectivity index (χ1) is 5.83. The van der Waals surface area contributed by atoms with Crippen molar-refractivity contribution in [3.8, 4) is 0 Å². The topological polar surface area (TPSA) is 12.5 Å². The quantitative estimate of drug-likeness (QED) is 0.601. The lowest BCUT2D eigenvalue weighted by molar-refractivity contribution is 0.126. The van der Waals surface area contributed by atoms with Gasteiger partial charge in [-0.1, -0.05) is 27.7 Å². The van der Waals surface area contributed by atoms with E-state index in [0.29, 0.717) is 5.92 Å². The summed E-state index contributed by atoms with van der Waals surface area (Å²) in [6.07, 6.45) is 0. The van der Waals surface area contributed by atoms with Gasteiger partial charge in [-0.2, -0.15) is 0 Å². The molecule has 0 amide bonds. The highest BCUT2D eigenvalue weighted by Gasteiger charge is 2.12. The molecule has 74 valence electrons. The Kier molecular flexibility index (Phi) is 7.51. The SMILES string of the molecule is CC.CCN1CCOCC(C)C1. The number of likely N-dealkylation sites (N-methyl/N-ethyl adjacent to an activating group) is 1. The van der Waals surface area contributed by atoms with Crippen LogP contribution < -0.4 is 0 Å². The Bertz CT molecular complexity index is 95.8. The van der Waals surface area contributed by atoms with Gasteiger partial charge in [-0.05, 0) is 12.5 Å². The van der Waals surface area contributed by atoms with Crippen molar-refractivity contribution in [2.75, 3.05) is 32.8 Å². The Morgan fingerprint density at radius 1 is 1.42 bits per heavy atom. The maximum atomic E-state index is 5.40. The molecule has 0 aromatic heterocycles. The summed E-state index contributed by atoms with van der Waals surface area (Å²) in [6.45, 7) is 13.8. The average molecular weight is 173 g/mol. The van der Waals surface area contributed by atoms with Crippen LogP contribution in [0.5, 0.6) is 0 Å². The second-order valence-electron chi connectivity index (χ2n) is 3.07. The number of rotatable bonds is 1. The van der Waals surface area contributed by atoms with Gasteiger partial charge in [-0.3, -0.25) is 0 Å². The van der Waals surface area contributed by atoms with Gasteiger partial charge in [0.2, 0.25) is 0 Å². The monoisotopic (exact) mass is 173 g/mol. The fourth-order valence-corrected chi connectivity index (χ4v) is 1.35. The summed E-state index contributed by atoms with van der Waals surface area (Å²) in [5, 5.41) is 0. The van der Waals surface area contributed by atoms with E-state index < -0.39 is 0 Å². The second-order valence-corrected chi connectivity index (χ2v) is 3.07. The van der Waals surface area contributed by atoms with Crippen LogP contribution in [0.15, 0.2) is 0 Å². The minimum Gasteiger partial charge on any atom is -0.380 e. The van der Waals surface area contributed by atoms with E-state index in [2.05, 4.69) is 18.7 Å². The largest absolute Gasteiger partial charge is 0.380 e. The summed E-state index contributed by atoms with van der Waals surface area (Å²) in [4.78, 5) is 2.44. The number of ether oxygens (including phenoxy) is 1. The molecule has 1 aliphatic heterocycles. The van der Waals surface area contributed by atoms with Crippen molar-refractivity contribution in [1.82, 2.24) is 4.90 Å². The first-order valence-electron chi connectivity index (χ1n) is 5.13. The van der Waals surface area contributed by atoms with E-state index in [9.17, 15) is 0 Å². The lowest BCUT2D eigenvalue weighted by Gasteiger charge is -2.18. The Hall–Kier alpha value is -0.0800. The molecular formula is C10H23NO. The highest BCUT2D eigenvalue weighted by molar-refractivity contribution is 4.64. The molecule has 2 heteroatoms. The zero-order valence-corrected chi connectivity index (χ0v) is 8.97. The van der Waals surface area contributed by atoms with Crippen LogP contribution in [-0.4, -0.2) is 37.7 Å². The van der Waals surface area contributed by atoms with Crippen molar-refractivity contribution >= 4 is 0 Å². The number of hydrogen-bond donors (Lipinski definition) is 0. The maximum absolute atomic E-state index is 5.40. The van der Waals surface area contributed by atoms with Crippen LogP contribution in [0.25, 0.3) is 0 Å². The molecule has 1 rings (SSSR count). The third-order valence-electron chi connectivity index (χ3n) is 1.97. The van der Waals surface area contributed by atoms with Gasteiger partial charge in [0.1, 0.15) is 0 Å². The summed E-state index contributed by atoms with van der Waals surface area (Å²) < 4.78 is 5.40. The molecule has 0 bridgehead atoms. The molecule has 1 fully saturated rings. The van der Waals surface area contributed by atoms with Gasteiger partial charge in [0.25, 0.3) is 0 Å². The normalized spacial score (nSPS) is 25.5. The Morgan fingerprint density at radius 2 is 2.08 bits per heavy atom. The first-order valence-corrected chi connectivity index (χ1v) is 5.13. The standard InChI is InChI=1S/C8H17NO.C2H6/c1-3-9-4-5-10-7-8(2)6-9;1-2/h8H,3-7H2,1-2H3;1-2H3. The highest BCUT2D eigenvalue weighted by atomic mass is 16.5. The zero-order valence-electron chi connectivity index (χ0n) is 8.97.